The summed E-state index contributed by atoms with van der Waals surface area (Å²) >= 11 is 0. The summed E-state index contributed by atoms with van der Waals surface area (Å²) in [5.41, 5.74) is -0.906. The van der Waals surface area contributed by atoms with E-state index in [0.29, 0.717) is 18.9 Å². The Balaban J connectivity index is 2.33. The van der Waals surface area contributed by atoms with Crippen molar-refractivity contribution < 1.29 is 28.3 Å². The molecular formula is C17H22F2N2O4. The summed E-state index contributed by atoms with van der Waals surface area (Å²) in [6.07, 6.45) is 0.708. The van der Waals surface area contributed by atoms with Crippen LogP contribution in [0.4, 0.5) is 8.78 Å². The van der Waals surface area contributed by atoms with Gasteiger partial charge in [0.15, 0.2) is 0 Å². The number of carbonyl (C=O) groups is 3. The third kappa shape index (κ3) is 7.73. The molecule has 25 heavy (non-hydrogen) atoms. The number of aliphatic carboxylic acids is 1. The molecule has 0 atom stereocenters. The van der Waals surface area contributed by atoms with E-state index >= 15 is 0 Å². The van der Waals surface area contributed by atoms with Gasteiger partial charge in [0.05, 0.1) is 5.56 Å². The zero-order chi connectivity index (χ0) is 19.0. The Labute approximate surface area is 144 Å². The van der Waals surface area contributed by atoms with Crippen molar-refractivity contribution in [1.82, 2.24) is 10.6 Å². The first kappa shape index (κ1) is 20.5. The van der Waals surface area contributed by atoms with Gasteiger partial charge in [-0.05, 0) is 38.8 Å². The highest BCUT2D eigenvalue weighted by Crippen LogP contribution is 2.12. The number of carbonyl (C=O) groups excluding carboxylic acids is 2. The lowest BCUT2D eigenvalue weighted by atomic mass is 9.98. The van der Waals surface area contributed by atoms with Crippen molar-refractivity contribution in [1.29, 1.82) is 0 Å². The van der Waals surface area contributed by atoms with Crippen LogP contribution in [-0.2, 0) is 9.59 Å². The van der Waals surface area contributed by atoms with Crippen molar-refractivity contribution in [2.45, 2.75) is 45.1 Å². The highest BCUT2D eigenvalue weighted by atomic mass is 19.1. The summed E-state index contributed by atoms with van der Waals surface area (Å²) in [4.78, 5) is 34.2. The lowest BCUT2D eigenvalue weighted by molar-refractivity contribution is -0.137. The van der Waals surface area contributed by atoms with Gasteiger partial charge in [0.1, 0.15) is 11.6 Å². The van der Waals surface area contributed by atoms with E-state index in [1.54, 1.807) is 13.8 Å². The Bertz CT molecular complexity index is 648. The van der Waals surface area contributed by atoms with Crippen molar-refractivity contribution in [3.8, 4) is 0 Å². The molecule has 0 bridgehead atoms. The Kier molecular flexibility index (Phi) is 7.47. The maximum atomic E-state index is 13.4. The van der Waals surface area contributed by atoms with Gasteiger partial charge in [-0.15, -0.1) is 0 Å². The Morgan fingerprint density at radius 2 is 1.84 bits per heavy atom. The summed E-state index contributed by atoms with van der Waals surface area (Å²) in [6.45, 7) is 3.61. The van der Waals surface area contributed by atoms with Crippen LogP contribution in [0.2, 0.25) is 0 Å². The molecule has 1 rings (SSSR count). The van der Waals surface area contributed by atoms with E-state index in [-0.39, 0.29) is 30.9 Å². The second-order valence-corrected chi connectivity index (χ2v) is 6.31. The third-order valence-corrected chi connectivity index (χ3v) is 3.48. The van der Waals surface area contributed by atoms with E-state index in [9.17, 15) is 23.2 Å². The van der Waals surface area contributed by atoms with Crippen LogP contribution in [0.1, 0.15) is 49.9 Å². The summed E-state index contributed by atoms with van der Waals surface area (Å²) in [5, 5.41) is 13.9. The van der Waals surface area contributed by atoms with Gasteiger partial charge in [-0.25, -0.2) is 8.78 Å². The molecule has 0 heterocycles. The molecule has 1 aromatic rings. The first-order chi connectivity index (χ1) is 11.6. The summed E-state index contributed by atoms with van der Waals surface area (Å²) in [5.74, 6) is -3.60. The predicted octanol–water partition coefficient (Wildman–Crippen LogP) is 2.23. The molecule has 3 N–H and O–H groups in total. The fourth-order valence-corrected chi connectivity index (χ4v) is 2.14. The molecule has 138 valence electrons. The predicted molar refractivity (Wildman–Crippen MR) is 87.0 cm³/mol. The van der Waals surface area contributed by atoms with Crippen molar-refractivity contribution >= 4 is 17.8 Å². The van der Waals surface area contributed by atoms with Crippen molar-refractivity contribution in [2.24, 2.45) is 0 Å². The molecule has 0 saturated heterocycles. The molecular weight excluding hydrogens is 334 g/mol. The van der Waals surface area contributed by atoms with Crippen LogP contribution in [0.15, 0.2) is 18.2 Å². The second kappa shape index (κ2) is 9.10. The number of hydrogen-bond donors (Lipinski definition) is 3. The third-order valence-electron chi connectivity index (χ3n) is 3.48. The summed E-state index contributed by atoms with van der Waals surface area (Å²) in [6, 6.07) is 2.67. The number of carboxylic acid groups (broad SMARTS) is 1. The molecule has 0 unspecified atom stereocenters. The van der Waals surface area contributed by atoms with Crippen LogP contribution in [0, 0.1) is 11.6 Å². The maximum absolute atomic E-state index is 13.4. The average Bonchev–Trinajstić information content (AvgIpc) is 2.49. The Hall–Kier alpha value is -2.51. The van der Waals surface area contributed by atoms with Crippen LogP contribution in [0.5, 0.6) is 0 Å². The van der Waals surface area contributed by atoms with E-state index in [0.717, 1.165) is 12.1 Å². The van der Waals surface area contributed by atoms with Gasteiger partial charge in [-0.2, -0.15) is 0 Å². The van der Waals surface area contributed by atoms with E-state index < -0.39 is 29.0 Å². The van der Waals surface area contributed by atoms with Gasteiger partial charge in [0.25, 0.3) is 5.91 Å². The number of nitrogens with one attached hydrogen (secondary N) is 2. The van der Waals surface area contributed by atoms with E-state index in [4.69, 9.17) is 5.11 Å². The first-order valence-electron chi connectivity index (χ1n) is 7.87. The molecule has 0 aliphatic rings. The topological polar surface area (TPSA) is 95.5 Å². The van der Waals surface area contributed by atoms with Gasteiger partial charge in [0.2, 0.25) is 5.91 Å². The minimum absolute atomic E-state index is 0.0490. The molecule has 0 spiro atoms. The highest BCUT2D eigenvalue weighted by Gasteiger charge is 2.21. The lowest BCUT2D eigenvalue weighted by Gasteiger charge is -2.25. The first-order valence-corrected chi connectivity index (χ1v) is 7.87. The van der Waals surface area contributed by atoms with Crippen molar-refractivity contribution in [2.75, 3.05) is 6.54 Å². The Morgan fingerprint density at radius 1 is 1.16 bits per heavy atom. The largest absolute Gasteiger partial charge is 0.481 e. The smallest absolute Gasteiger partial charge is 0.303 e. The van der Waals surface area contributed by atoms with E-state index in [1.165, 1.54) is 0 Å². The highest BCUT2D eigenvalue weighted by molar-refractivity contribution is 5.94. The number of amides is 2. The number of rotatable bonds is 9. The molecule has 0 fully saturated rings. The maximum Gasteiger partial charge on any atom is 0.303 e. The monoisotopic (exact) mass is 356 g/mol. The molecule has 0 radical (unpaired) electrons. The van der Waals surface area contributed by atoms with E-state index in [1.807, 2.05) is 0 Å². The molecule has 8 heteroatoms. The quantitative estimate of drug-likeness (QED) is 0.591. The Morgan fingerprint density at radius 3 is 2.44 bits per heavy atom. The number of benzene rings is 1. The molecule has 0 aliphatic heterocycles. The van der Waals surface area contributed by atoms with E-state index in [2.05, 4.69) is 10.6 Å². The van der Waals surface area contributed by atoms with Gasteiger partial charge in [-0.3, -0.25) is 14.4 Å². The van der Waals surface area contributed by atoms with Gasteiger partial charge >= 0.3 is 5.97 Å². The molecule has 6 nitrogen and oxygen atoms in total. The van der Waals surface area contributed by atoms with Crippen molar-refractivity contribution in [3.63, 3.8) is 0 Å². The van der Waals surface area contributed by atoms with Crippen LogP contribution in [-0.4, -0.2) is 35.0 Å². The van der Waals surface area contributed by atoms with Gasteiger partial charge in [0, 0.05) is 31.0 Å². The lowest BCUT2D eigenvalue weighted by Crippen LogP contribution is -2.43. The van der Waals surface area contributed by atoms with Crippen molar-refractivity contribution in [3.05, 3.63) is 35.4 Å². The zero-order valence-corrected chi connectivity index (χ0v) is 14.2. The van der Waals surface area contributed by atoms with Crippen LogP contribution in [0.25, 0.3) is 0 Å². The second-order valence-electron chi connectivity index (χ2n) is 6.31. The summed E-state index contributed by atoms with van der Waals surface area (Å²) in [7, 11) is 0. The fraction of sp³-hybridized carbons (Fsp3) is 0.471. The number of hydrogen-bond acceptors (Lipinski definition) is 3. The van der Waals surface area contributed by atoms with Gasteiger partial charge < -0.3 is 15.7 Å². The summed E-state index contributed by atoms with van der Waals surface area (Å²) < 4.78 is 26.2. The standard InChI is InChI=1S/C17H22F2N2O4/c1-17(2,8-7-15(23)24)21-14(22)4-3-9-20-16(25)12-6-5-11(18)10-13(12)19/h5-6,10H,3-4,7-9H2,1-2H3,(H,20,25)(H,21,22)(H,23,24). The minimum Gasteiger partial charge on any atom is -0.481 e. The van der Waals surface area contributed by atoms with Crippen LogP contribution in [0.3, 0.4) is 0 Å². The molecule has 1 aromatic carbocycles. The minimum atomic E-state index is -0.949. The molecule has 0 aromatic heterocycles. The zero-order valence-electron chi connectivity index (χ0n) is 14.2. The average molecular weight is 356 g/mol. The number of halogens is 2. The SMILES string of the molecule is CC(C)(CCC(=O)O)NC(=O)CCCNC(=O)c1ccc(F)cc1F. The van der Waals surface area contributed by atoms with Gasteiger partial charge in [-0.1, -0.05) is 0 Å². The van der Waals surface area contributed by atoms with Crippen LogP contribution < -0.4 is 10.6 Å². The molecule has 0 aliphatic carbocycles. The molecule has 2 amide bonds. The fourth-order valence-electron chi connectivity index (χ4n) is 2.14. The number of carboxylic acids is 1. The normalized spacial score (nSPS) is 11.0. The van der Waals surface area contributed by atoms with Crippen LogP contribution >= 0.6 is 0 Å². The molecule has 0 saturated carbocycles.